The minimum Gasteiger partial charge on any atom is -0.497 e. The van der Waals surface area contributed by atoms with E-state index in [1.165, 1.54) is 0 Å². The van der Waals surface area contributed by atoms with Crippen molar-refractivity contribution < 1.29 is 14.3 Å². The summed E-state index contributed by atoms with van der Waals surface area (Å²) in [6.07, 6.45) is 1.72. The van der Waals surface area contributed by atoms with Gasteiger partial charge in [0.15, 0.2) is 5.13 Å². The Morgan fingerprint density at radius 2 is 2.17 bits per heavy atom. The third kappa shape index (κ3) is 3.79. The molecule has 7 heteroatoms. The summed E-state index contributed by atoms with van der Waals surface area (Å²) in [5, 5.41) is 3.96. The number of hydrogen-bond donors (Lipinski definition) is 1. The topological polar surface area (TPSA) is 63.7 Å². The number of carbonyl (C=O) groups excluding carboxylic acids is 1. The van der Waals surface area contributed by atoms with Gasteiger partial charge in [0.2, 0.25) is 5.91 Å². The molecule has 2 heterocycles. The molecule has 1 aromatic carbocycles. The lowest BCUT2D eigenvalue weighted by Gasteiger charge is -2.31. The third-order valence-corrected chi connectivity index (χ3v) is 5.40. The van der Waals surface area contributed by atoms with Gasteiger partial charge < -0.3 is 19.7 Å². The van der Waals surface area contributed by atoms with Gasteiger partial charge in [-0.15, -0.1) is 0 Å². The molecule has 1 aliphatic rings. The van der Waals surface area contributed by atoms with E-state index in [4.69, 9.17) is 14.5 Å². The number of carbonyl (C=O) groups is 1. The van der Waals surface area contributed by atoms with Crippen LogP contribution in [0.1, 0.15) is 12.8 Å². The summed E-state index contributed by atoms with van der Waals surface area (Å²) >= 11 is 1.68. The molecule has 1 fully saturated rings. The number of piperidine rings is 1. The van der Waals surface area contributed by atoms with Crippen molar-refractivity contribution in [3.05, 3.63) is 18.2 Å². The Labute approximate surface area is 145 Å². The monoisotopic (exact) mass is 349 g/mol. The van der Waals surface area contributed by atoms with Gasteiger partial charge in [-0.3, -0.25) is 4.79 Å². The van der Waals surface area contributed by atoms with E-state index in [-0.39, 0.29) is 11.8 Å². The lowest BCUT2D eigenvalue weighted by molar-refractivity contribution is -0.125. The van der Waals surface area contributed by atoms with Gasteiger partial charge in [-0.25, -0.2) is 4.98 Å². The van der Waals surface area contributed by atoms with Crippen LogP contribution in [-0.4, -0.2) is 51.4 Å². The summed E-state index contributed by atoms with van der Waals surface area (Å²) < 4.78 is 11.4. The second-order valence-electron chi connectivity index (χ2n) is 5.88. The Balaban J connectivity index is 1.59. The quantitative estimate of drug-likeness (QED) is 0.811. The number of aromatic nitrogens is 1. The standard InChI is InChI=1S/C17H23N3O3S/c1-22-10-7-18-16(21)12-5-8-20(9-6-12)17-19-14-4-3-13(23-2)11-15(14)24-17/h3-4,11-12H,5-10H2,1-2H3,(H,18,21). The molecule has 0 bridgehead atoms. The van der Waals surface area contributed by atoms with Gasteiger partial charge in [-0.1, -0.05) is 11.3 Å². The van der Waals surface area contributed by atoms with Gasteiger partial charge in [-0.2, -0.15) is 0 Å². The maximum Gasteiger partial charge on any atom is 0.223 e. The average molecular weight is 349 g/mol. The van der Waals surface area contributed by atoms with Crippen molar-refractivity contribution >= 4 is 32.6 Å². The predicted molar refractivity (Wildman–Crippen MR) is 96.0 cm³/mol. The zero-order valence-corrected chi connectivity index (χ0v) is 14.9. The Morgan fingerprint density at radius 3 is 2.88 bits per heavy atom. The summed E-state index contributed by atoms with van der Waals surface area (Å²) in [5.74, 6) is 1.08. The van der Waals surface area contributed by atoms with Crippen LogP contribution < -0.4 is 15.0 Å². The number of amides is 1. The number of nitrogens with one attached hydrogen (secondary N) is 1. The van der Waals surface area contributed by atoms with E-state index in [2.05, 4.69) is 10.2 Å². The number of fused-ring (bicyclic) bond motifs is 1. The molecule has 1 N–H and O–H groups in total. The van der Waals surface area contributed by atoms with E-state index in [0.29, 0.717) is 13.2 Å². The molecule has 24 heavy (non-hydrogen) atoms. The number of hydrogen-bond acceptors (Lipinski definition) is 6. The van der Waals surface area contributed by atoms with E-state index in [1.807, 2.05) is 18.2 Å². The molecular weight excluding hydrogens is 326 g/mol. The third-order valence-electron chi connectivity index (χ3n) is 4.33. The fourth-order valence-corrected chi connectivity index (χ4v) is 3.95. The molecule has 0 radical (unpaired) electrons. The summed E-state index contributed by atoms with van der Waals surface area (Å²) in [7, 11) is 3.31. The molecule has 1 amide bonds. The Bertz CT molecular complexity index is 695. The summed E-state index contributed by atoms with van der Waals surface area (Å²) in [5.41, 5.74) is 0.996. The van der Waals surface area contributed by atoms with E-state index in [9.17, 15) is 4.79 Å². The minimum absolute atomic E-state index is 0.0904. The molecule has 2 aromatic rings. The number of thiazole rings is 1. The molecule has 6 nitrogen and oxygen atoms in total. The molecular formula is C17H23N3O3S. The first-order valence-corrected chi connectivity index (χ1v) is 8.99. The van der Waals surface area contributed by atoms with Crippen LogP contribution in [-0.2, 0) is 9.53 Å². The molecule has 0 aliphatic carbocycles. The molecule has 0 unspecified atom stereocenters. The molecule has 1 saturated heterocycles. The Hall–Kier alpha value is -1.86. The van der Waals surface area contributed by atoms with Gasteiger partial charge in [-0.05, 0) is 31.0 Å². The lowest BCUT2D eigenvalue weighted by Crippen LogP contribution is -2.41. The predicted octanol–water partition coefficient (Wildman–Crippen LogP) is 2.28. The zero-order valence-electron chi connectivity index (χ0n) is 14.1. The second kappa shape index (κ2) is 7.81. The lowest BCUT2D eigenvalue weighted by atomic mass is 9.96. The van der Waals surface area contributed by atoms with E-state index >= 15 is 0 Å². The van der Waals surface area contributed by atoms with Gasteiger partial charge >= 0.3 is 0 Å². The van der Waals surface area contributed by atoms with Crippen LogP contribution in [0, 0.1) is 5.92 Å². The van der Waals surface area contributed by atoms with Crippen LogP contribution in [0.5, 0.6) is 5.75 Å². The maximum atomic E-state index is 12.1. The highest BCUT2D eigenvalue weighted by Crippen LogP contribution is 2.33. The van der Waals surface area contributed by atoms with Crippen molar-refractivity contribution in [2.45, 2.75) is 12.8 Å². The van der Waals surface area contributed by atoms with E-state index < -0.39 is 0 Å². The van der Waals surface area contributed by atoms with Crippen LogP contribution in [0.2, 0.25) is 0 Å². The summed E-state index contributed by atoms with van der Waals surface area (Å²) in [6.45, 7) is 2.85. The number of methoxy groups -OCH3 is 2. The highest BCUT2D eigenvalue weighted by atomic mass is 32.1. The fraction of sp³-hybridized carbons (Fsp3) is 0.529. The summed E-state index contributed by atoms with van der Waals surface area (Å²) in [6, 6.07) is 5.94. The van der Waals surface area contributed by atoms with Crippen molar-refractivity contribution in [1.82, 2.24) is 10.3 Å². The Morgan fingerprint density at radius 1 is 1.38 bits per heavy atom. The van der Waals surface area contributed by atoms with Crippen LogP contribution >= 0.6 is 11.3 Å². The summed E-state index contributed by atoms with van der Waals surface area (Å²) in [4.78, 5) is 19.1. The van der Waals surface area contributed by atoms with E-state index in [1.54, 1.807) is 25.6 Å². The SMILES string of the molecule is COCCNC(=O)C1CCN(c2nc3ccc(OC)cc3s2)CC1. The Kier molecular flexibility index (Phi) is 5.52. The first kappa shape index (κ1) is 17.0. The van der Waals surface area contributed by atoms with Crippen molar-refractivity contribution in [2.24, 2.45) is 5.92 Å². The maximum absolute atomic E-state index is 12.1. The van der Waals surface area contributed by atoms with Gasteiger partial charge in [0, 0.05) is 32.7 Å². The molecule has 1 aromatic heterocycles. The van der Waals surface area contributed by atoms with Crippen LogP contribution in [0.15, 0.2) is 18.2 Å². The van der Waals surface area contributed by atoms with Crippen molar-refractivity contribution in [3.63, 3.8) is 0 Å². The molecule has 0 saturated carbocycles. The largest absolute Gasteiger partial charge is 0.497 e. The number of ether oxygens (including phenoxy) is 2. The van der Waals surface area contributed by atoms with Gasteiger partial charge in [0.25, 0.3) is 0 Å². The number of rotatable bonds is 6. The second-order valence-corrected chi connectivity index (χ2v) is 6.88. The molecule has 130 valence electrons. The average Bonchev–Trinajstić information content (AvgIpc) is 3.05. The van der Waals surface area contributed by atoms with Gasteiger partial charge in [0.1, 0.15) is 5.75 Å². The van der Waals surface area contributed by atoms with Crippen LogP contribution in [0.25, 0.3) is 10.2 Å². The number of nitrogens with zero attached hydrogens (tertiary/aromatic N) is 2. The van der Waals surface area contributed by atoms with Crippen molar-refractivity contribution in [1.29, 1.82) is 0 Å². The van der Waals surface area contributed by atoms with Crippen molar-refractivity contribution in [2.75, 3.05) is 45.4 Å². The number of benzene rings is 1. The smallest absolute Gasteiger partial charge is 0.223 e. The highest BCUT2D eigenvalue weighted by Gasteiger charge is 2.26. The highest BCUT2D eigenvalue weighted by molar-refractivity contribution is 7.22. The first-order chi connectivity index (χ1) is 11.7. The first-order valence-electron chi connectivity index (χ1n) is 8.17. The number of anilines is 1. The normalized spacial score (nSPS) is 15.7. The van der Waals surface area contributed by atoms with Crippen LogP contribution in [0.3, 0.4) is 0 Å². The molecule has 0 spiro atoms. The minimum atomic E-state index is 0.0904. The molecule has 3 rings (SSSR count). The zero-order chi connectivity index (χ0) is 16.9. The fourth-order valence-electron chi connectivity index (χ4n) is 2.91. The van der Waals surface area contributed by atoms with Crippen molar-refractivity contribution in [3.8, 4) is 5.75 Å². The molecule has 0 atom stereocenters. The van der Waals surface area contributed by atoms with E-state index in [0.717, 1.165) is 47.0 Å². The van der Waals surface area contributed by atoms with Crippen LogP contribution in [0.4, 0.5) is 5.13 Å². The molecule has 1 aliphatic heterocycles. The van der Waals surface area contributed by atoms with Gasteiger partial charge in [0.05, 0.1) is 23.9 Å².